The number of aromatic hydroxyl groups is 1. The summed E-state index contributed by atoms with van der Waals surface area (Å²) >= 11 is 0. The zero-order chi connectivity index (χ0) is 21.8. The standard InChI is InChI=1S/C23H26FN5O2/c1-14-11-29(13-25-14)16-4-5-17(19(30)10-16)18-6-7-20(27-26-18)31-21-15-8-9-23(2,22(21)24)28(3)12-15/h4-7,10-11,13,15,21-22,30H,8-9,12H2,1-3H3/t15?,21-,22+,23-/m0/s1. The van der Waals surface area contributed by atoms with Crippen LogP contribution in [0.4, 0.5) is 4.39 Å². The van der Waals surface area contributed by atoms with Gasteiger partial charge in [-0.3, -0.25) is 4.90 Å². The number of fused-ring (bicyclic) bond motifs is 3. The second-order valence-corrected chi connectivity index (χ2v) is 8.90. The van der Waals surface area contributed by atoms with Crippen molar-refractivity contribution in [3.8, 4) is 28.6 Å². The third kappa shape index (κ3) is 3.35. The maximum Gasteiger partial charge on any atom is 0.233 e. The van der Waals surface area contributed by atoms with Crippen molar-refractivity contribution in [1.29, 1.82) is 0 Å². The maximum absolute atomic E-state index is 15.2. The Kier molecular flexibility index (Phi) is 4.69. The van der Waals surface area contributed by atoms with E-state index in [9.17, 15) is 5.11 Å². The second-order valence-electron chi connectivity index (χ2n) is 8.90. The minimum Gasteiger partial charge on any atom is -0.507 e. The number of aromatic nitrogens is 4. The Bertz CT molecular complexity index is 1100. The van der Waals surface area contributed by atoms with Crippen LogP contribution in [0, 0.1) is 12.8 Å². The number of rotatable bonds is 4. The van der Waals surface area contributed by atoms with Gasteiger partial charge in [0.15, 0.2) is 6.17 Å². The first-order valence-electron chi connectivity index (χ1n) is 10.6. The Hall–Kier alpha value is -3.00. The van der Waals surface area contributed by atoms with Crippen LogP contribution in [0.1, 0.15) is 25.5 Å². The van der Waals surface area contributed by atoms with E-state index >= 15 is 4.39 Å². The molecule has 7 nitrogen and oxygen atoms in total. The molecule has 1 unspecified atom stereocenters. The molecule has 3 aromatic rings. The number of hydrogen-bond acceptors (Lipinski definition) is 6. The molecule has 0 radical (unpaired) electrons. The number of ether oxygens (including phenoxy) is 1. The lowest BCUT2D eigenvalue weighted by molar-refractivity contribution is -0.136. The number of halogens is 1. The molecule has 162 valence electrons. The fourth-order valence-corrected chi connectivity index (χ4v) is 4.81. The van der Waals surface area contributed by atoms with E-state index in [-0.39, 0.29) is 11.7 Å². The number of hydrogen-bond donors (Lipinski definition) is 1. The van der Waals surface area contributed by atoms with E-state index < -0.39 is 17.8 Å². The van der Waals surface area contributed by atoms with Gasteiger partial charge in [-0.1, -0.05) is 0 Å². The number of aryl methyl sites for hydroxylation is 1. The van der Waals surface area contributed by atoms with Crippen molar-refractivity contribution in [3.63, 3.8) is 0 Å². The Labute approximate surface area is 180 Å². The summed E-state index contributed by atoms with van der Waals surface area (Å²) in [6.45, 7) is 4.70. The van der Waals surface area contributed by atoms with Gasteiger partial charge < -0.3 is 14.4 Å². The number of alkyl halides is 1. The van der Waals surface area contributed by atoms with Gasteiger partial charge in [-0.15, -0.1) is 10.2 Å². The molecule has 1 saturated carbocycles. The molecule has 2 saturated heterocycles. The molecule has 4 atom stereocenters. The Morgan fingerprint density at radius 1 is 1.23 bits per heavy atom. The van der Waals surface area contributed by atoms with E-state index in [0.29, 0.717) is 17.1 Å². The van der Waals surface area contributed by atoms with Crippen molar-refractivity contribution < 1.29 is 14.2 Å². The normalized spacial score (nSPS) is 28.1. The third-order valence-corrected chi connectivity index (χ3v) is 6.91. The van der Waals surface area contributed by atoms with Gasteiger partial charge in [0.1, 0.15) is 11.9 Å². The highest BCUT2D eigenvalue weighted by Crippen LogP contribution is 2.45. The highest BCUT2D eigenvalue weighted by Gasteiger charge is 2.55. The average Bonchev–Trinajstić information content (AvgIpc) is 3.19. The summed E-state index contributed by atoms with van der Waals surface area (Å²) < 4.78 is 23.0. The van der Waals surface area contributed by atoms with Gasteiger partial charge in [0.2, 0.25) is 5.88 Å². The van der Waals surface area contributed by atoms with E-state index in [2.05, 4.69) is 20.1 Å². The van der Waals surface area contributed by atoms with E-state index in [4.69, 9.17) is 4.74 Å². The van der Waals surface area contributed by atoms with Gasteiger partial charge in [0, 0.05) is 36.4 Å². The van der Waals surface area contributed by atoms with Gasteiger partial charge >= 0.3 is 0 Å². The summed E-state index contributed by atoms with van der Waals surface area (Å²) in [6.07, 6.45) is 3.79. The van der Waals surface area contributed by atoms with E-state index in [1.807, 2.05) is 37.7 Å². The quantitative estimate of drug-likeness (QED) is 0.692. The van der Waals surface area contributed by atoms with Gasteiger partial charge in [-0.25, -0.2) is 9.37 Å². The van der Waals surface area contributed by atoms with Crippen LogP contribution in [0.2, 0.25) is 0 Å². The molecule has 31 heavy (non-hydrogen) atoms. The third-order valence-electron chi connectivity index (χ3n) is 6.91. The van der Waals surface area contributed by atoms with Crippen LogP contribution in [0.15, 0.2) is 42.9 Å². The molecule has 0 spiro atoms. The molecule has 2 bridgehead atoms. The SMILES string of the molecule is Cc1cn(-c2ccc(-c3ccc(O[C@H]4C5CC[C@@](C)([C@@H]4F)N(C)C5)nn3)c(O)c2)cn1. The Balaban J connectivity index is 1.34. The van der Waals surface area contributed by atoms with Crippen LogP contribution in [-0.4, -0.2) is 61.2 Å². The van der Waals surface area contributed by atoms with Gasteiger partial charge in [0.25, 0.3) is 0 Å². The van der Waals surface area contributed by atoms with Crippen LogP contribution in [0.5, 0.6) is 11.6 Å². The summed E-state index contributed by atoms with van der Waals surface area (Å²) in [7, 11) is 1.98. The Morgan fingerprint density at radius 3 is 2.71 bits per heavy atom. The zero-order valence-corrected chi connectivity index (χ0v) is 17.9. The molecule has 6 rings (SSSR count). The Morgan fingerprint density at radius 2 is 2.06 bits per heavy atom. The van der Waals surface area contributed by atoms with Crippen molar-refractivity contribution in [2.24, 2.45) is 5.92 Å². The highest BCUT2D eigenvalue weighted by atomic mass is 19.1. The smallest absolute Gasteiger partial charge is 0.233 e. The van der Waals surface area contributed by atoms with Crippen molar-refractivity contribution in [3.05, 3.63) is 48.5 Å². The summed E-state index contributed by atoms with van der Waals surface area (Å²) in [5, 5.41) is 18.9. The van der Waals surface area contributed by atoms with Crippen LogP contribution in [-0.2, 0) is 0 Å². The molecule has 2 aromatic heterocycles. The molecular weight excluding hydrogens is 397 g/mol. The molecular formula is C23H26FN5O2. The van der Waals surface area contributed by atoms with E-state index in [1.165, 1.54) is 0 Å². The number of imidazole rings is 1. The van der Waals surface area contributed by atoms with Crippen molar-refractivity contribution in [2.75, 3.05) is 13.6 Å². The minimum absolute atomic E-state index is 0.0937. The lowest BCUT2D eigenvalue weighted by atomic mass is 9.68. The topological polar surface area (TPSA) is 76.3 Å². The van der Waals surface area contributed by atoms with Gasteiger partial charge in [-0.05, 0) is 51.9 Å². The van der Waals surface area contributed by atoms with E-state index in [0.717, 1.165) is 30.8 Å². The summed E-state index contributed by atoms with van der Waals surface area (Å²) in [5.74, 6) is 0.545. The number of benzene rings is 1. The first-order valence-corrected chi connectivity index (χ1v) is 10.6. The van der Waals surface area contributed by atoms with Crippen LogP contribution >= 0.6 is 0 Å². The predicted octanol–water partition coefficient (Wildman–Crippen LogP) is 3.54. The van der Waals surface area contributed by atoms with Crippen LogP contribution in [0.25, 0.3) is 16.9 Å². The summed E-state index contributed by atoms with van der Waals surface area (Å²) in [5.41, 5.74) is 2.29. The van der Waals surface area contributed by atoms with Gasteiger partial charge in [-0.2, -0.15) is 0 Å². The monoisotopic (exact) mass is 423 g/mol. The number of piperidine rings is 2. The predicted molar refractivity (Wildman–Crippen MR) is 114 cm³/mol. The van der Waals surface area contributed by atoms with Gasteiger partial charge in [0.05, 0.1) is 28.9 Å². The maximum atomic E-state index is 15.2. The highest BCUT2D eigenvalue weighted by molar-refractivity contribution is 5.68. The van der Waals surface area contributed by atoms with Crippen molar-refractivity contribution in [2.45, 2.75) is 44.5 Å². The van der Waals surface area contributed by atoms with E-state index in [1.54, 1.807) is 30.6 Å². The molecule has 0 amide bonds. The van der Waals surface area contributed by atoms with Crippen molar-refractivity contribution in [1.82, 2.24) is 24.6 Å². The average molecular weight is 423 g/mol. The molecule has 1 aliphatic carbocycles. The number of phenols is 1. The van der Waals surface area contributed by atoms with Crippen molar-refractivity contribution >= 4 is 0 Å². The molecule has 1 aromatic carbocycles. The van der Waals surface area contributed by atoms with Crippen LogP contribution < -0.4 is 4.74 Å². The molecule has 8 heteroatoms. The first kappa shape index (κ1) is 19.9. The lowest BCUT2D eigenvalue weighted by Crippen LogP contribution is -2.68. The fraction of sp³-hybridized carbons (Fsp3) is 0.435. The molecule has 3 aliphatic rings. The molecule has 1 N–H and O–H groups in total. The molecule has 3 fully saturated rings. The number of phenolic OH excluding ortho intramolecular Hbond substituents is 1. The first-order chi connectivity index (χ1) is 14.8. The number of nitrogens with zero attached hydrogens (tertiary/aromatic N) is 5. The molecule has 2 aliphatic heterocycles. The molecule has 4 heterocycles. The minimum atomic E-state index is -1.07. The summed E-state index contributed by atoms with van der Waals surface area (Å²) in [6, 6.07) is 8.76. The van der Waals surface area contributed by atoms with Crippen LogP contribution in [0.3, 0.4) is 0 Å². The fourth-order valence-electron chi connectivity index (χ4n) is 4.81. The largest absolute Gasteiger partial charge is 0.507 e. The second kappa shape index (κ2) is 7.30. The lowest BCUT2D eigenvalue weighted by Gasteiger charge is -2.56. The summed E-state index contributed by atoms with van der Waals surface area (Å²) in [4.78, 5) is 6.31. The zero-order valence-electron chi connectivity index (χ0n) is 17.9.